The second-order valence-electron chi connectivity index (χ2n) is 10.0. The van der Waals surface area contributed by atoms with Crippen LogP contribution in [0.25, 0.3) is 16.7 Å². The summed E-state index contributed by atoms with van der Waals surface area (Å²) < 4.78 is 13.7. The second-order valence-corrected chi connectivity index (χ2v) is 10.0. The van der Waals surface area contributed by atoms with E-state index in [9.17, 15) is 4.39 Å². The molecule has 0 spiro atoms. The van der Waals surface area contributed by atoms with Crippen molar-refractivity contribution in [3.63, 3.8) is 0 Å². The van der Waals surface area contributed by atoms with Gasteiger partial charge in [0.15, 0.2) is 0 Å². The van der Waals surface area contributed by atoms with E-state index in [2.05, 4.69) is 58.7 Å². The molecule has 5 rings (SSSR count). The first-order valence-electron chi connectivity index (χ1n) is 13.3. The minimum absolute atomic E-state index is 0. The van der Waals surface area contributed by atoms with Crippen molar-refractivity contribution < 1.29 is 9.50 Å². The van der Waals surface area contributed by atoms with E-state index in [1.807, 2.05) is 18.2 Å². The number of hydrogen-bond acceptors (Lipinski definition) is 3. The summed E-state index contributed by atoms with van der Waals surface area (Å²) in [4.78, 5) is 2.69. The summed E-state index contributed by atoms with van der Waals surface area (Å²) in [5, 5.41) is 11.5. The summed E-state index contributed by atoms with van der Waals surface area (Å²) in [7, 11) is 0. The highest BCUT2D eigenvalue weighted by Crippen LogP contribution is 2.34. The van der Waals surface area contributed by atoms with Crippen LogP contribution >= 0.6 is 24.8 Å². The second kappa shape index (κ2) is 16.0. The fourth-order valence-corrected chi connectivity index (χ4v) is 5.23. The number of nitrogens with one attached hydrogen (secondary N) is 1. The van der Waals surface area contributed by atoms with E-state index in [0.29, 0.717) is 0 Å². The zero-order valence-corrected chi connectivity index (χ0v) is 24.0. The summed E-state index contributed by atoms with van der Waals surface area (Å²) in [6.45, 7) is 7.95. The number of rotatable bonds is 4. The van der Waals surface area contributed by atoms with Crippen LogP contribution in [-0.4, -0.2) is 48.3 Å². The molecule has 206 valence electrons. The number of piperidine rings is 2. The largest absolute Gasteiger partial charge is 0.394 e. The Hall–Kier alpha value is -2.21. The molecular weight excluding hydrogens is 518 g/mol. The third-order valence-electron chi connectivity index (χ3n) is 6.99. The first-order valence-corrected chi connectivity index (χ1v) is 13.3. The van der Waals surface area contributed by atoms with E-state index in [0.717, 1.165) is 50.6 Å². The Bertz CT molecular complexity index is 1100. The van der Waals surface area contributed by atoms with Gasteiger partial charge in [-0.1, -0.05) is 72.3 Å². The molecule has 2 N–H and O–H groups in total. The summed E-state index contributed by atoms with van der Waals surface area (Å²) >= 11 is 0. The molecule has 2 heterocycles. The van der Waals surface area contributed by atoms with Crippen molar-refractivity contribution in [2.45, 2.75) is 51.7 Å². The van der Waals surface area contributed by atoms with E-state index in [4.69, 9.17) is 5.11 Å². The van der Waals surface area contributed by atoms with Gasteiger partial charge >= 0.3 is 0 Å². The molecule has 3 aromatic carbocycles. The minimum Gasteiger partial charge on any atom is -0.394 e. The average molecular weight is 560 g/mol. The summed E-state index contributed by atoms with van der Waals surface area (Å²) in [5.41, 5.74) is 7.57. The lowest BCUT2D eigenvalue weighted by Gasteiger charge is -2.38. The number of halogens is 3. The fraction of sp³-hybridized carbons (Fsp3) is 0.375. The van der Waals surface area contributed by atoms with Crippen LogP contribution in [0.5, 0.6) is 0 Å². The quantitative estimate of drug-likeness (QED) is 0.350. The molecule has 0 unspecified atom stereocenters. The van der Waals surface area contributed by atoms with Crippen LogP contribution < -0.4 is 5.32 Å². The average Bonchev–Trinajstić information content (AvgIpc) is 2.91. The molecular formula is C32H41Cl2FN2O. The first kappa shape index (κ1) is 32.0. The zero-order valence-electron chi connectivity index (χ0n) is 22.4. The SMILES string of the molecule is CC(C)O.Cl.Cl.Fc1ccc(C(=C2CCN(C3CCNCC3)CC2)c2ccc(-c3ccccc3)cc2)cc1. The van der Waals surface area contributed by atoms with Gasteiger partial charge < -0.3 is 10.4 Å². The smallest absolute Gasteiger partial charge is 0.123 e. The molecule has 3 aromatic rings. The van der Waals surface area contributed by atoms with Gasteiger partial charge in [-0.05, 0) is 92.6 Å². The highest BCUT2D eigenvalue weighted by atomic mass is 35.5. The van der Waals surface area contributed by atoms with E-state index in [-0.39, 0.29) is 36.7 Å². The molecule has 6 heteroatoms. The number of benzene rings is 3. The van der Waals surface area contributed by atoms with Gasteiger partial charge in [0.05, 0.1) is 0 Å². The Morgan fingerprint density at radius 2 is 1.26 bits per heavy atom. The number of nitrogens with zero attached hydrogens (tertiary/aromatic N) is 1. The Balaban J connectivity index is 0.000000791. The van der Waals surface area contributed by atoms with E-state index in [1.165, 1.54) is 40.7 Å². The van der Waals surface area contributed by atoms with Crippen LogP contribution in [0.1, 0.15) is 50.7 Å². The maximum Gasteiger partial charge on any atom is 0.123 e. The maximum atomic E-state index is 13.7. The number of aliphatic hydroxyl groups excluding tert-OH is 1. The van der Waals surface area contributed by atoms with E-state index >= 15 is 0 Å². The zero-order chi connectivity index (χ0) is 25.3. The standard InChI is InChI=1S/C29H31FN2.C3H8O.2ClH/c30-27-12-10-25(11-13-27)29(24-8-6-23(7-9-24)22-4-2-1-3-5-22)26-16-20-32(21-17-26)28-14-18-31-19-15-28;1-3(2)4;;/h1-13,28,31H,14-21H2;3-4H,1-2H3;2*1H. The monoisotopic (exact) mass is 558 g/mol. The molecule has 0 saturated carbocycles. The van der Waals surface area contributed by atoms with Crippen molar-refractivity contribution in [2.75, 3.05) is 26.2 Å². The third-order valence-corrected chi connectivity index (χ3v) is 6.99. The van der Waals surface area contributed by atoms with Gasteiger partial charge in [-0.15, -0.1) is 24.8 Å². The van der Waals surface area contributed by atoms with Crippen LogP contribution in [0, 0.1) is 5.82 Å². The van der Waals surface area contributed by atoms with E-state index in [1.54, 1.807) is 26.0 Å². The van der Waals surface area contributed by atoms with Crippen molar-refractivity contribution in [1.82, 2.24) is 10.2 Å². The molecule has 2 aliphatic rings. The topological polar surface area (TPSA) is 35.5 Å². The number of aliphatic hydroxyl groups is 1. The molecule has 0 radical (unpaired) electrons. The van der Waals surface area contributed by atoms with Crippen molar-refractivity contribution >= 4 is 30.4 Å². The molecule has 0 atom stereocenters. The van der Waals surface area contributed by atoms with Crippen molar-refractivity contribution in [3.8, 4) is 11.1 Å². The maximum absolute atomic E-state index is 13.7. The van der Waals surface area contributed by atoms with Gasteiger partial charge in [-0.2, -0.15) is 0 Å². The number of hydrogen-bond donors (Lipinski definition) is 2. The normalized spacial score (nSPS) is 16.1. The van der Waals surface area contributed by atoms with Gasteiger partial charge in [0, 0.05) is 25.2 Å². The van der Waals surface area contributed by atoms with E-state index < -0.39 is 0 Å². The van der Waals surface area contributed by atoms with Crippen molar-refractivity contribution in [3.05, 3.63) is 101 Å². The molecule has 2 saturated heterocycles. The van der Waals surface area contributed by atoms with Crippen LogP contribution in [0.15, 0.2) is 84.4 Å². The summed E-state index contributed by atoms with van der Waals surface area (Å²) in [6.07, 6.45) is 4.50. The molecule has 3 nitrogen and oxygen atoms in total. The first-order chi connectivity index (χ1) is 17.5. The van der Waals surface area contributed by atoms with Gasteiger partial charge in [0.2, 0.25) is 0 Å². The molecule has 0 bridgehead atoms. The highest BCUT2D eigenvalue weighted by molar-refractivity contribution is 5.86. The molecule has 0 aromatic heterocycles. The Kier molecular flexibility index (Phi) is 13.5. The Morgan fingerprint density at radius 1 is 0.789 bits per heavy atom. The lowest BCUT2D eigenvalue weighted by atomic mass is 9.87. The summed E-state index contributed by atoms with van der Waals surface area (Å²) in [6, 6.07) is 27.1. The number of likely N-dealkylation sites (tertiary alicyclic amines) is 1. The molecule has 2 fully saturated rings. The molecule has 0 aliphatic carbocycles. The minimum atomic E-state index is -0.182. The predicted octanol–water partition coefficient (Wildman–Crippen LogP) is 7.37. The predicted molar refractivity (Wildman–Crippen MR) is 163 cm³/mol. The molecule has 38 heavy (non-hydrogen) atoms. The lowest BCUT2D eigenvalue weighted by Crippen LogP contribution is -2.45. The van der Waals surface area contributed by atoms with Gasteiger partial charge in [-0.25, -0.2) is 4.39 Å². The van der Waals surface area contributed by atoms with Crippen molar-refractivity contribution in [2.24, 2.45) is 0 Å². The van der Waals surface area contributed by atoms with Crippen molar-refractivity contribution in [1.29, 1.82) is 0 Å². The Labute approximate surface area is 240 Å². The molecule has 0 amide bonds. The van der Waals surface area contributed by atoms with Crippen LogP contribution in [0.4, 0.5) is 4.39 Å². The highest BCUT2D eigenvalue weighted by Gasteiger charge is 2.25. The third kappa shape index (κ3) is 8.93. The van der Waals surface area contributed by atoms with Crippen LogP contribution in [0.2, 0.25) is 0 Å². The Morgan fingerprint density at radius 3 is 1.79 bits per heavy atom. The fourth-order valence-electron chi connectivity index (χ4n) is 5.23. The van der Waals surface area contributed by atoms with Gasteiger partial charge in [0.25, 0.3) is 0 Å². The van der Waals surface area contributed by atoms with Crippen LogP contribution in [0.3, 0.4) is 0 Å². The summed E-state index contributed by atoms with van der Waals surface area (Å²) in [5.74, 6) is -0.182. The lowest BCUT2D eigenvalue weighted by molar-refractivity contribution is 0.152. The van der Waals surface area contributed by atoms with Gasteiger partial charge in [0.1, 0.15) is 5.82 Å². The molecule has 2 aliphatic heterocycles. The van der Waals surface area contributed by atoms with Gasteiger partial charge in [-0.3, -0.25) is 4.90 Å². The van der Waals surface area contributed by atoms with Crippen LogP contribution in [-0.2, 0) is 0 Å².